The van der Waals surface area contributed by atoms with Gasteiger partial charge in [0.1, 0.15) is 24.7 Å². The van der Waals surface area contributed by atoms with E-state index in [-0.39, 0.29) is 0 Å². The van der Waals surface area contributed by atoms with Crippen molar-refractivity contribution in [3.8, 4) is 11.5 Å². The molecule has 0 amide bonds. The van der Waals surface area contributed by atoms with Gasteiger partial charge >= 0.3 is 0 Å². The van der Waals surface area contributed by atoms with E-state index >= 15 is 0 Å². The van der Waals surface area contributed by atoms with Gasteiger partial charge in [-0.2, -0.15) is 0 Å². The Labute approximate surface area is 154 Å². The van der Waals surface area contributed by atoms with Crippen LogP contribution in [-0.2, 0) is 15.4 Å². The molecule has 2 aromatic carbocycles. The minimum atomic E-state index is 0.535. The zero-order valence-corrected chi connectivity index (χ0v) is 16.0. The van der Waals surface area contributed by atoms with Crippen LogP contribution in [0.15, 0.2) is 48.5 Å². The molecule has 0 unspecified atom stereocenters. The van der Waals surface area contributed by atoms with Crippen molar-refractivity contribution in [1.82, 2.24) is 0 Å². The van der Waals surface area contributed by atoms with Gasteiger partial charge in [0.2, 0.25) is 0 Å². The predicted molar refractivity (Wildman–Crippen MR) is 100.0 cm³/mol. The summed E-state index contributed by atoms with van der Waals surface area (Å²) in [4.78, 5) is 0. The molecule has 3 nitrogen and oxygen atoms in total. The topological polar surface area (TPSA) is 27.7 Å². The highest BCUT2D eigenvalue weighted by Gasteiger charge is 1.97. The first kappa shape index (κ1) is 18.3. The summed E-state index contributed by atoms with van der Waals surface area (Å²) in [7, 11) is 0. The lowest BCUT2D eigenvalue weighted by atomic mass is 10.2. The molecule has 0 bridgehead atoms. The van der Waals surface area contributed by atoms with Crippen molar-refractivity contribution in [2.75, 3.05) is 26.4 Å². The van der Waals surface area contributed by atoms with Crippen LogP contribution in [0.2, 0.25) is 0 Å². The summed E-state index contributed by atoms with van der Waals surface area (Å²) in [6.45, 7) is 2.17. The fourth-order valence-corrected chi connectivity index (χ4v) is 2.64. The summed E-state index contributed by atoms with van der Waals surface area (Å²) in [6, 6.07) is 16.0. The number of ether oxygens (including phenoxy) is 3. The Hall–Kier alpha value is -1.04. The highest BCUT2D eigenvalue weighted by molar-refractivity contribution is 9.08. The van der Waals surface area contributed by atoms with Gasteiger partial charge in [0.25, 0.3) is 0 Å². The van der Waals surface area contributed by atoms with E-state index in [1.165, 1.54) is 11.1 Å². The van der Waals surface area contributed by atoms with Crippen LogP contribution in [0.5, 0.6) is 11.5 Å². The first-order valence-electron chi connectivity index (χ1n) is 7.45. The van der Waals surface area contributed by atoms with Crippen molar-refractivity contribution in [2.45, 2.75) is 10.7 Å². The van der Waals surface area contributed by atoms with Gasteiger partial charge in [-0.1, -0.05) is 56.1 Å². The maximum atomic E-state index is 5.61. The molecule has 0 atom stereocenters. The molecule has 0 saturated heterocycles. The summed E-state index contributed by atoms with van der Waals surface area (Å²) < 4.78 is 16.7. The molecule has 23 heavy (non-hydrogen) atoms. The van der Waals surface area contributed by atoms with Crippen molar-refractivity contribution in [1.29, 1.82) is 0 Å². The van der Waals surface area contributed by atoms with E-state index < -0.39 is 0 Å². The average Bonchev–Trinajstić information content (AvgIpc) is 2.62. The summed E-state index contributed by atoms with van der Waals surface area (Å²) in [5.41, 5.74) is 2.46. The van der Waals surface area contributed by atoms with Crippen molar-refractivity contribution >= 4 is 31.9 Å². The second kappa shape index (κ2) is 10.7. The summed E-state index contributed by atoms with van der Waals surface area (Å²) in [5.74, 6) is 1.72. The molecule has 2 aromatic rings. The maximum absolute atomic E-state index is 5.61. The fourth-order valence-electron chi connectivity index (χ4n) is 1.89. The molecule has 0 aliphatic rings. The van der Waals surface area contributed by atoms with E-state index in [4.69, 9.17) is 14.2 Å². The molecule has 0 heterocycles. The van der Waals surface area contributed by atoms with Crippen LogP contribution >= 0.6 is 31.9 Å². The van der Waals surface area contributed by atoms with Crippen LogP contribution in [0, 0.1) is 0 Å². The Kier molecular flexibility index (Phi) is 8.50. The lowest BCUT2D eigenvalue weighted by Gasteiger charge is -2.09. The van der Waals surface area contributed by atoms with Crippen molar-refractivity contribution in [3.05, 3.63) is 59.7 Å². The van der Waals surface area contributed by atoms with Crippen LogP contribution in [0.1, 0.15) is 11.1 Å². The van der Waals surface area contributed by atoms with Crippen molar-refractivity contribution in [2.24, 2.45) is 0 Å². The van der Waals surface area contributed by atoms with Crippen LogP contribution in [0.3, 0.4) is 0 Å². The molecular weight excluding hydrogens is 424 g/mol. The molecule has 0 radical (unpaired) electrons. The Morgan fingerprint density at radius 3 is 1.30 bits per heavy atom. The molecule has 0 aromatic heterocycles. The lowest BCUT2D eigenvalue weighted by molar-refractivity contribution is 0.0764. The number of alkyl halides is 2. The Morgan fingerprint density at radius 2 is 0.957 bits per heavy atom. The molecule has 0 aliphatic heterocycles. The predicted octanol–water partition coefficient (Wildman–Crippen LogP) is 4.95. The van der Waals surface area contributed by atoms with Gasteiger partial charge in [-0.05, 0) is 35.4 Å². The molecule has 0 saturated carbocycles. The van der Waals surface area contributed by atoms with Gasteiger partial charge < -0.3 is 14.2 Å². The largest absolute Gasteiger partial charge is 0.491 e. The van der Waals surface area contributed by atoms with E-state index in [0.717, 1.165) is 22.2 Å². The monoisotopic (exact) mass is 442 g/mol. The molecule has 0 aliphatic carbocycles. The third-order valence-electron chi connectivity index (χ3n) is 3.15. The summed E-state index contributed by atoms with van der Waals surface area (Å²) in [6.07, 6.45) is 0. The Balaban J connectivity index is 1.53. The van der Waals surface area contributed by atoms with Crippen molar-refractivity contribution in [3.63, 3.8) is 0 Å². The highest BCUT2D eigenvalue weighted by atomic mass is 79.9. The molecule has 0 N–H and O–H groups in total. The fraction of sp³-hybridized carbons (Fsp3) is 0.333. The van der Waals surface area contributed by atoms with E-state index in [1.54, 1.807) is 0 Å². The first-order chi connectivity index (χ1) is 11.3. The standard InChI is InChI=1S/C18H20Br2O3/c19-13-15-1-5-17(6-2-15)22-11-9-21-10-12-23-18-7-3-16(14-20)4-8-18/h1-8H,9-14H2. The third kappa shape index (κ3) is 6.94. The van der Waals surface area contributed by atoms with Crippen LogP contribution in [0.4, 0.5) is 0 Å². The highest BCUT2D eigenvalue weighted by Crippen LogP contribution is 2.14. The van der Waals surface area contributed by atoms with Gasteiger partial charge in [-0.15, -0.1) is 0 Å². The van der Waals surface area contributed by atoms with Crippen LogP contribution < -0.4 is 9.47 Å². The van der Waals surface area contributed by atoms with Crippen molar-refractivity contribution < 1.29 is 14.2 Å². The molecular formula is C18H20Br2O3. The molecule has 124 valence electrons. The Morgan fingerprint density at radius 1 is 0.565 bits per heavy atom. The van der Waals surface area contributed by atoms with Gasteiger partial charge in [0, 0.05) is 10.7 Å². The normalized spacial score (nSPS) is 10.5. The first-order valence-corrected chi connectivity index (χ1v) is 9.69. The zero-order valence-electron chi connectivity index (χ0n) is 12.8. The summed E-state index contributed by atoms with van der Waals surface area (Å²) >= 11 is 6.84. The van der Waals surface area contributed by atoms with Gasteiger partial charge in [0.05, 0.1) is 13.2 Å². The van der Waals surface area contributed by atoms with E-state index in [0.29, 0.717) is 26.4 Å². The van der Waals surface area contributed by atoms with E-state index in [1.807, 2.05) is 48.5 Å². The zero-order chi connectivity index (χ0) is 16.3. The molecule has 0 spiro atoms. The second-order valence-electron chi connectivity index (χ2n) is 4.86. The second-order valence-corrected chi connectivity index (χ2v) is 5.99. The smallest absolute Gasteiger partial charge is 0.119 e. The third-order valence-corrected chi connectivity index (χ3v) is 4.44. The molecule has 5 heteroatoms. The molecule has 0 fully saturated rings. The van der Waals surface area contributed by atoms with Gasteiger partial charge in [-0.25, -0.2) is 0 Å². The lowest BCUT2D eigenvalue weighted by Crippen LogP contribution is -2.12. The Bertz CT molecular complexity index is 504. The number of halogens is 2. The van der Waals surface area contributed by atoms with E-state index in [9.17, 15) is 0 Å². The number of hydrogen-bond acceptors (Lipinski definition) is 3. The van der Waals surface area contributed by atoms with Crippen LogP contribution in [0.25, 0.3) is 0 Å². The minimum Gasteiger partial charge on any atom is -0.491 e. The quantitative estimate of drug-likeness (QED) is 0.384. The average molecular weight is 444 g/mol. The maximum Gasteiger partial charge on any atom is 0.119 e. The van der Waals surface area contributed by atoms with Crippen LogP contribution in [-0.4, -0.2) is 26.4 Å². The SMILES string of the molecule is BrCc1ccc(OCCOCCOc2ccc(CBr)cc2)cc1. The summed E-state index contributed by atoms with van der Waals surface area (Å²) in [5, 5.41) is 1.71. The minimum absolute atomic E-state index is 0.535. The molecule has 2 rings (SSSR count). The number of hydrogen-bond donors (Lipinski definition) is 0. The van der Waals surface area contributed by atoms with Gasteiger partial charge in [-0.3, -0.25) is 0 Å². The number of rotatable bonds is 10. The van der Waals surface area contributed by atoms with Gasteiger partial charge in [0.15, 0.2) is 0 Å². The number of benzene rings is 2. The van der Waals surface area contributed by atoms with E-state index in [2.05, 4.69) is 31.9 Å².